The second-order valence-electron chi connectivity index (χ2n) is 11.0. The molecule has 8 nitrogen and oxygen atoms in total. The van der Waals surface area contributed by atoms with Crippen LogP contribution in [0.4, 0.5) is 31.1 Å². The van der Waals surface area contributed by atoms with Crippen LogP contribution < -0.4 is 0 Å². The number of likely N-dealkylation sites (tertiary alicyclic amines) is 2. The highest BCUT2D eigenvalue weighted by atomic mass is 19.4. The summed E-state index contributed by atoms with van der Waals surface area (Å²) in [6.07, 6.45) is -3.36. The maximum atomic E-state index is 12.8. The lowest BCUT2D eigenvalue weighted by atomic mass is 9.56. The Morgan fingerprint density at radius 1 is 0.917 bits per heavy atom. The van der Waals surface area contributed by atoms with Crippen LogP contribution >= 0.6 is 0 Å². The molecule has 2 saturated carbocycles. The Morgan fingerprint density at radius 2 is 1.53 bits per heavy atom. The third-order valence-electron chi connectivity index (χ3n) is 8.08. The first kappa shape index (κ1) is 23.5. The minimum atomic E-state index is -4.57. The molecule has 6 rings (SSSR count). The first-order valence-electron chi connectivity index (χ1n) is 11.7. The van der Waals surface area contributed by atoms with Crippen molar-refractivity contribution in [2.24, 2.45) is 16.7 Å². The van der Waals surface area contributed by atoms with Gasteiger partial charge in [0.15, 0.2) is 5.69 Å². The van der Waals surface area contributed by atoms with E-state index >= 15 is 0 Å². The number of hydrogen-bond acceptors (Lipinski definition) is 5. The quantitative estimate of drug-likeness (QED) is 0.627. The maximum absolute atomic E-state index is 12.8. The fraction of sp³-hybridized carbons (Fsp3) is 0.682. The first-order valence-corrected chi connectivity index (χ1v) is 11.7. The van der Waals surface area contributed by atoms with E-state index in [-0.39, 0.29) is 28.6 Å². The van der Waals surface area contributed by atoms with Gasteiger partial charge in [0.2, 0.25) is 0 Å². The van der Waals surface area contributed by atoms with Gasteiger partial charge in [0.25, 0.3) is 5.82 Å². The molecule has 2 aromatic rings. The van der Waals surface area contributed by atoms with Crippen molar-refractivity contribution in [2.75, 3.05) is 26.2 Å². The molecule has 0 bridgehead atoms. The highest BCUT2D eigenvalue weighted by Gasteiger charge is 2.58. The number of nitrogens with zero attached hydrogens (tertiary/aromatic N) is 6. The minimum absolute atomic E-state index is 0.00854. The lowest BCUT2D eigenvalue weighted by Gasteiger charge is -2.63. The zero-order chi connectivity index (χ0) is 25.5. The van der Waals surface area contributed by atoms with Crippen molar-refractivity contribution in [3.63, 3.8) is 0 Å². The molecule has 1 N–H and O–H groups in total. The van der Waals surface area contributed by atoms with E-state index in [1.165, 1.54) is 6.20 Å². The number of aromatic amines is 1. The Hall–Kier alpha value is -2.93. The van der Waals surface area contributed by atoms with Crippen LogP contribution in [0.1, 0.15) is 54.6 Å². The van der Waals surface area contributed by atoms with Gasteiger partial charge in [-0.2, -0.15) is 26.3 Å². The van der Waals surface area contributed by atoms with Crippen LogP contribution in [0.3, 0.4) is 0 Å². The van der Waals surface area contributed by atoms with Gasteiger partial charge in [0, 0.05) is 49.1 Å². The van der Waals surface area contributed by atoms with E-state index in [1.54, 1.807) is 4.90 Å². The molecule has 2 aliphatic carbocycles. The van der Waals surface area contributed by atoms with Gasteiger partial charge in [-0.25, -0.2) is 14.8 Å². The van der Waals surface area contributed by atoms with Gasteiger partial charge >= 0.3 is 18.4 Å². The predicted octanol–water partition coefficient (Wildman–Crippen LogP) is 3.89. The number of hydrogen-bond donors (Lipinski definition) is 1. The summed E-state index contributed by atoms with van der Waals surface area (Å²) in [5, 5.41) is 5.65. The number of urea groups is 1. The number of carbonyl (C=O) groups excluding carboxylic acids is 1. The van der Waals surface area contributed by atoms with Gasteiger partial charge in [-0.1, -0.05) is 0 Å². The first-order chi connectivity index (χ1) is 16.8. The molecule has 194 valence electrons. The summed E-state index contributed by atoms with van der Waals surface area (Å²) >= 11 is 0. The van der Waals surface area contributed by atoms with Gasteiger partial charge in [-0.05, 0) is 38.0 Å². The van der Waals surface area contributed by atoms with E-state index in [0.717, 1.165) is 19.0 Å². The predicted molar refractivity (Wildman–Crippen MR) is 110 cm³/mol. The highest BCUT2D eigenvalue weighted by molar-refractivity contribution is 5.77. The van der Waals surface area contributed by atoms with Crippen molar-refractivity contribution in [3.05, 3.63) is 35.4 Å². The Kier molecular flexibility index (Phi) is 4.92. The molecule has 0 unspecified atom stereocenters. The number of rotatable bonds is 3. The molecule has 4 fully saturated rings. The molecular formula is C22H23F6N7O. The van der Waals surface area contributed by atoms with Crippen LogP contribution in [0.2, 0.25) is 0 Å². The lowest BCUT2D eigenvalue weighted by Crippen LogP contribution is -2.71. The van der Waals surface area contributed by atoms with Gasteiger partial charge < -0.3 is 9.80 Å². The second-order valence-corrected chi connectivity index (χ2v) is 11.0. The van der Waals surface area contributed by atoms with Crippen LogP contribution in [-0.2, 0) is 18.8 Å². The SMILES string of the molecule is O=C(N1CC2(CC(Cc3cnc(C(F)(F)F)cn3)C2)C1)N1CC2(CC(c3nc(C(F)(F)F)n[nH]3)C2)C1. The van der Waals surface area contributed by atoms with Crippen LogP contribution in [0.25, 0.3) is 0 Å². The van der Waals surface area contributed by atoms with Crippen molar-refractivity contribution in [1.29, 1.82) is 0 Å². The summed E-state index contributed by atoms with van der Waals surface area (Å²) in [5.41, 5.74) is -0.409. The van der Waals surface area contributed by atoms with Gasteiger partial charge in [-0.15, -0.1) is 5.10 Å². The Morgan fingerprint density at radius 3 is 2.03 bits per heavy atom. The summed E-state index contributed by atoms with van der Waals surface area (Å²) in [7, 11) is 0. The number of carbonyl (C=O) groups is 1. The standard InChI is InChI=1S/C22H23F6N7O/c23-21(24,25)15-7-29-14(6-30-15)1-12-2-19(3-12)8-34(9-19)18(36)35-10-20(11-35)4-13(5-20)16-31-17(33-32-16)22(26,27)28/h6-7,12-13H,1-5,8-11H2,(H,31,32,33). The van der Waals surface area contributed by atoms with Crippen LogP contribution in [-0.4, -0.2) is 67.2 Å². The molecule has 2 saturated heterocycles. The molecule has 0 radical (unpaired) electrons. The zero-order valence-corrected chi connectivity index (χ0v) is 19.0. The summed E-state index contributed by atoms with van der Waals surface area (Å²) in [6, 6.07) is -0.00854. The molecule has 2 spiro atoms. The molecule has 4 aliphatic rings. The fourth-order valence-electron chi connectivity index (χ4n) is 6.49. The van der Waals surface area contributed by atoms with Crippen molar-refractivity contribution in [3.8, 4) is 0 Å². The molecule has 0 atom stereocenters. The van der Waals surface area contributed by atoms with Crippen LogP contribution in [0.5, 0.6) is 0 Å². The molecule has 2 aliphatic heterocycles. The van der Waals surface area contributed by atoms with Crippen molar-refractivity contribution in [1.82, 2.24) is 34.9 Å². The number of amides is 2. The minimum Gasteiger partial charge on any atom is -0.323 e. The van der Waals surface area contributed by atoms with E-state index in [9.17, 15) is 31.1 Å². The molecule has 36 heavy (non-hydrogen) atoms. The smallest absolute Gasteiger partial charge is 0.323 e. The number of aromatic nitrogens is 5. The molecule has 0 aromatic carbocycles. The fourth-order valence-corrected chi connectivity index (χ4v) is 6.49. The normalized spacial score (nSPS) is 23.3. The molecule has 14 heteroatoms. The Labute approximate surface area is 201 Å². The third-order valence-corrected chi connectivity index (χ3v) is 8.08. The summed E-state index contributed by atoms with van der Waals surface area (Å²) < 4.78 is 75.9. The van der Waals surface area contributed by atoms with Gasteiger partial charge in [-0.3, -0.25) is 10.1 Å². The Bertz CT molecular complexity index is 1150. The molecule has 2 amide bonds. The van der Waals surface area contributed by atoms with Gasteiger partial charge in [0.1, 0.15) is 5.82 Å². The summed E-state index contributed by atoms with van der Waals surface area (Å²) in [6.45, 7) is 2.54. The average Bonchev–Trinajstić information content (AvgIpc) is 3.16. The molecular weight excluding hydrogens is 492 g/mol. The van der Waals surface area contributed by atoms with E-state index in [0.29, 0.717) is 57.1 Å². The van der Waals surface area contributed by atoms with E-state index in [4.69, 9.17) is 0 Å². The highest BCUT2D eigenvalue weighted by Crippen LogP contribution is 2.57. The molecule has 4 heterocycles. The van der Waals surface area contributed by atoms with Crippen molar-refractivity contribution < 1.29 is 31.1 Å². The number of alkyl halides is 6. The van der Waals surface area contributed by atoms with Gasteiger partial charge in [0.05, 0.1) is 11.9 Å². The van der Waals surface area contributed by atoms with Crippen molar-refractivity contribution >= 4 is 6.03 Å². The van der Waals surface area contributed by atoms with Crippen LogP contribution in [0, 0.1) is 16.7 Å². The zero-order valence-electron chi connectivity index (χ0n) is 19.0. The topological polar surface area (TPSA) is 90.9 Å². The second kappa shape index (κ2) is 7.54. The summed E-state index contributed by atoms with van der Waals surface area (Å²) in [5.74, 6) is -0.675. The van der Waals surface area contributed by atoms with E-state index < -0.39 is 23.9 Å². The molecule has 2 aromatic heterocycles. The van der Waals surface area contributed by atoms with Crippen LogP contribution in [0.15, 0.2) is 12.4 Å². The maximum Gasteiger partial charge on any atom is 0.453 e. The largest absolute Gasteiger partial charge is 0.453 e. The number of nitrogens with one attached hydrogen (secondary N) is 1. The van der Waals surface area contributed by atoms with E-state index in [2.05, 4.69) is 25.1 Å². The van der Waals surface area contributed by atoms with E-state index in [1.807, 2.05) is 4.90 Å². The summed E-state index contributed by atoms with van der Waals surface area (Å²) in [4.78, 5) is 27.3. The lowest BCUT2D eigenvalue weighted by molar-refractivity contribution is -0.145. The number of halogens is 6. The third kappa shape index (κ3) is 3.97. The van der Waals surface area contributed by atoms with Crippen molar-refractivity contribution in [2.45, 2.75) is 50.4 Å². The Balaban J connectivity index is 0.922. The number of H-pyrrole nitrogens is 1. The average molecular weight is 515 g/mol. The monoisotopic (exact) mass is 515 g/mol.